The number of rotatable bonds is 6. The van der Waals surface area contributed by atoms with Crippen molar-refractivity contribution >= 4 is 0 Å². The summed E-state index contributed by atoms with van der Waals surface area (Å²) in [6.07, 6.45) is 0.528. The molecular formula is C18H20O4. The molecule has 1 atom stereocenters. The maximum Gasteiger partial charge on any atom is 0.161 e. The van der Waals surface area contributed by atoms with E-state index in [0.717, 1.165) is 22.6 Å². The fraction of sp³-hybridized carbons (Fsp3) is 0.333. The van der Waals surface area contributed by atoms with Crippen LogP contribution in [0.4, 0.5) is 0 Å². The predicted octanol–water partition coefficient (Wildman–Crippen LogP) is 2.58. The standard InChI is InChI=1S/C18H20O4/c19-9-8-14-6-7-17-18(10-14)21-13-16(22-17)12-20-11-15-4-2-1-3-5-15/h1-7,10,16,19H,8-9,11-13H2. The first kappa shape index (κ1) is 14.9. The Morgan fingerprint density at radius 1 is 1.05 bits per heavy atom. The van der Waals surface area contributed by atoms with Gasteiger partial charge in [-0.3, -0.25) is 0 Å². The van der Waals surface area contributed by atoms with Crippen molar-refractivity contribution in [3.05, 3.63) is 59.7 Å². The molecule has 0 saturated heterocycles. The molecule has 116 valence electrons. The third-order valence-electron chi connectivity index (χ3n) is 3.54. The highest BCUT2D eigenvalue weighted by Crippen LogP contribution is 2.32. The lowest BCUT2D eigenvalue weighted by Crippen LogP contribution is -2.33. The molecule has 0 bridgehead atoms. The molecule has 3 rings (SSSR count). The molecule has 4 heteroatoms. The van der Waals surface area contributed by atoms with Gasteiger partial charge in [0.25, 0.3) is 0 Å². The molecule has 4 nitrogen and oxygen atoms in total. The van der Waals surface area contributed by atoms with E-state index in [1.165, 1.54) is 0 Å². The Kier molecular flexibility index (Phi) is 4.93. The van der Waals surface area contributed by atoms with Gasteiger partial charge in [-0.25, -0.2) is 0 Å². The summed E-state index contributed by atoms with van der Waals surface area (Å²) in [5.41, 5.74) is 2.19. The monoisotopic (exact) mass is 300 g/mol. The van der Waals surface area contributed by atoms with Crippen LogP contribution in [-0.2, 0) is 17.8 Å². The topological polar surface area (TPSA) is 47.9 Å². The maximum atomic E-state index is 8.97. The molecule has 2 aromatic carbocycles. The van der Waals surface area contributed by atoms with Crippen LogP contribution in [0.5, 0.6) is 11.5 Å². The second kappa shape index (κ2) is 7.29. The first-order chi connectivity index (χ1) is 10.8. The third-order valence-corrected chi connectivity index (χ3v) is 3.54. The number of hydrogen-bond donors (Lipinski definition) is 1. The summed E-state index contributed by atoms with van der Waals surface area (Å²) in [5.74, 6) is 1.48. The first-order valence-corrected chi connectivity index (χ1v) is 7.50. The molecule has 1 aliphatic heterocycles. The summed E-state index contributed by atoms with van der Waals surface area (Å²) in [6, 6.07) is 15.8. The first-order valence-electron chi connectivity index (χ1n) is 7.50. The Bertz CT molecular complexity index is 597. The minimum Gasteiger partial charge on any atom is -0.486 e. The lowest BCUT2D eigenvalue weighted by Gasteiger charge is -2.26. The van der Waals surface area contributed by atoms with E-state index in [0.29, 0.717) is 26.2 Å². The van der Waals surface area contributed by atoms with Crippen LogP contribution in [-0.4, -0.2) is 31.0 Å². The minimum absolute atomic E-state index is 0.0973. The molecule has 0 radical (unpaired) electrons. The molecule has 22 heavy (non-hydrogen) atoms. The number of fused-ring (bicyclic) bond motifs is 1. The molecule has 0 aromatic heterocycles. The van der Waals surface area contributed by atoms with Crippen LogP contribution in [0.15, 0.2) is 48.5 Å². The number of ether oxygens (including phenoxy) is 3. The number of hydrogen-bond acceptors (Lipinski definition) is 4. The quantitative estimate of drug-likeness (QED) is 0.891. The van der Waals surface area contributed by atoms with Crippen LogP contribution in [0.3, 0.4) is 0 Å². The van der Waals surface area contributed by atoms with E-state index in [4.69, 9.17) is 19.3 Å². The summed E-state index contributed by atoms with van der Waals surface area (Å²) < 4.78 is 17.3. The smallest absolute Gasteiger partial charge is 0.161 e. The van der Waals surface area contributed by atoms with E-state index in [1.807, 2.05) is 48.5 Å². The van der Waals surface area contributed by atoms with Crippen LogP contribution in [0.1, 0.15) is 11.1 Å². The number of aliphatic hydroxyl groups is 1. The second-order valence-corrected chi connectivity index (χ2v) is 5.31. The van der Waals surface area contributed by atoms with E-state index < -0.39 is 0 Å². The van der Waals surface area contributed by atoms with Crippen LogP contribution >= 0.6 is 0 Å². The molecule has 1 heterocycles. The highest BCUT2D eigenvalue weighted by molar-refractivity contribution is 5.44. The van der Waals surface area contributed by atoms with Gasteiger partial charge in [0.05, 0.1) is 13.2 Å². The Balaban J connectivity index is 1.51. The van der Waals surface area contributed by atoms with Gasteiger partial charge in [0.15, 0.2) is 17.6 Å². The summed E-state index contributed by atoms with van der Waals surface area (Å²) in [7, 11) is 0. The maximum absolute atomic E-state index is 8.97. The van der Waals surface area contributed by atoms with Gasteiger partial charge in [0, 0.05) is 6.61 Å². The van der Waals surface area contributed by atoms with Crippen LogP contribution < -0.4 is 9.47 Å². The SMILES string of the molecule is OCCc1ccc2c(c1)OCC(COCc1ccccc1)O2. The highest BCUT2D eigenvalue weighted by atomic mass is 16.6. The van der Waals surface area contributed by atoms with E-state index in [2.05, 4.69) is 0 Å². The molecular weight excluding hydrogens is 280 g/mol. The zero-order chi connectivity index (χ0) is 15.2. The lowest BCUT2D eigenvalue weighted by molar-refractivity contribution is 0.00267. The van der Waals surface area contributed by atoms with Crippen molar-refractivity contribution in [1.29, 1.82) is 0 Å². The summed E-state index contributed by atoms with van der Waals surface area (Å²) in [5, 5.41) is 8.97. The highest BCUT2D eigenvalue weighted by Gasteiger charge is 2.21. The fourth-order valence-electron chi connectivity index (χ4n) is 2.41. The number of aliphatic hydroxyl groups excluding tert-OH is 1. The molecule has 0 amide bonds. The van der Waals surface area contributed by atoms with Crippen molar-refractivity contribution in [2.75, 3.05) is 19.8 Å². The molecule has 1 N–H and O–H groups in total. The zero-order valence-electron chi connectivity index (χ0n) is 12.4. The summed E-state index contributed by atoms with van der Waals surface area (Å²) in [4.78, 5) is 0. The van der Waals surface area contributed by atoms with Gasteiger partial charge in [-0.1, -0.05) is 36.4 Å². The van der Waals surface area contributed by atoms with Gasteiger partial charge >= 0.3 is 0 Å². The average molecular weight is 300 g/mol. The zero-order valence-corrected chi connectivity index (χ0v) is 12.4. The van der Waals surface area contributed by atoms with E-state index in [-0.39, 0.29) is 12.7 Å². The Morgan fingerprint density at radius 3 is 2.73 bits per heavy atom. The van der Waals surface area contributed by atoms with Gasteiger partial charge in [0.2, 0.25) is 0 Å². The van der Waals surface area contributed by atoms with E-state index >= 15 is 0 Å². The molecule has 0 aliphatic carbocycles. The lowest BCUT2D eigenvalue weighted by atomic mass is 10.1. The van der Waals surface area contributed by atoms with Crippen LogP contribution in [0.25, 0.3) is 0 Å². The van der Waals surface area contributed by atoms with Crippen LogP contribution in [0.2, 0.25) is 0 Å². The fourth-order valence-corrected chi connectivity index (χ4v) is 2.41. The largest absolute Gasteiger partial charge is 0.486 e. The number of benzene rings is 2. The van der Waals surface area contributed by atoms with Gasteiger partial charge < -0.3 is 19.3 Å². The van der Waals surface area contributed by atoms with E-state index in [1.54, 1.807) is 0 Å². The van der Waals surface area contributed by atoms with Gasteiger partial charge in [-0.2, -0.15) is 0 Å². The average Bonchev–Trinajstić information content (AvgIpc) is 2.56. The van der Waals surface area contributed by atoms with Gasteiger partial charge in [-0.05, 0) is 29.7 Å². The van der Waals surface area contributed by atoms with E-state index in [9.17, 15) is 0 Å². The Hall–Kier alpha value is -2.04. The molecule has 0 spiro atoms. The van der Waals surface area contributed by atoms with Gasteiger partial charge in [0.1, 0.15) is 6.61 Å². The van der Waals surface area contributed by atoms with Crippen molar-refractivity contribution in [1.82, 2.24) is 0 Å². The second-order valence-electron chi connectivity index (χ2n) is 5.31. The Morgan fingerprint density at radius 2 is 1.91 bits per heavy atom. The normalized spacial score (nSPS) is 16.5. The summed E-state index contributed by atoms with van der Waals surface area (Å²) in [6.45, 7) is 1.68. The van der Waals surface area contributed by atoms with Crippen molar-refractivity contribution < 1.29 is 19.3 Å². The van der Waals surface area contributed by atoms with Crippen molar-refractivity contribution in [2.24, 2.45) is 0 Å². The van der Waals surface area contributed by atoms with Crippen molar-refractivity contribution in [3.63, 3.8) is 0 Å². The third kappa shape index (κ3) is 3.78. The minimum atomic E-state index is -0.0973. The predicted molar refractivity (Wildman–Crippen MR) is 83.2 cm³/mol. The molecule has 0 saturated carbocycles. The summed E-state index contributed by atoms with van der Waals surface area (Å²) >= 11 is 0. The van der Waals surface area contributed by atoms with Crippen LogP contribution in [0, 0.1) is 0 Å². The molecule has 1 unspecified atom stereocenters. The molecule has 2 aromatic rings. The molecule has 1 aliphatic rings. The molecule has 0 fully saturated rings. The Labute approximate surface area is 130 Å². The van der Waals surface area contributed by atoms with Crippen molar-refractivity contribution in [3.8, 4) is 11.5 Å². The van der Waals surface area contributed by atoms with Crippen molar-refractivity contribution in [2.45, 2.75) is 19.1 Å². The van der Waals surface area contributed by atoms with Gasteiger partial charge in [-0.15, -0.1) is 0 Å².